The van der Waals surface area contributed by atoms with Crippen molar-refractivity contribution in [3.63, 3.8) is 0 Å². The Bertz CT molecular complexity index is 1090. The Labute approximate surface area is 169 Å². The van der Waals surface area contributed by atoms with Crippen LogP contribution in [0.15, 0.2) is 42.5 Å². The first-order valence-electron chi connectivity index (χ1n) is 9.15. The van der Waals surface area contributed by atoms with Crippen molar-refractivity contribution in [3.05, 3.63) is 64.7 Å². The highest BCUT2D eigenvalue weighted by atomic mass is 32.2. The number of benzene rings is 2. The number of Topliss-reactive ketones (excluding diaryl/α,β-unsaturated/α-hetero) is 1. The van der Waals surface area contributed by atoms with Crippen LogP contribution in [0.2, 0.25) is 0 Å². The maximum absolute atomic E-state index is 12.7. The zero-order chi connectivity index (χ0) is 21.0. The molecule has 0 saturated carbocycles. The number of hydrogen-bond acceptors (Lipinski definition) is 6. The Morgan fingerprint density at radius 2 is 1.86 bits per heavy atom. The van der Waals surface area contributed by atoms with Gasteiger partial charge in [-0.2, -0.15) is 5.26 Å². The third kappa shape index (κ3) is 5.28. The minimum atomic E-state index is -2.93. The summed E-state index contributed by atoms with van der Waals surface area (Å²) in [5.74, 6) is -0.300. The Morgan fingerprint density at radius 1 is 1.14 bits per heavy atom. The normalized spacial score (nSPS) is 16.0. The number of nitrogens with zero attached hydrogens (tertiary/aromatic N) is 2. The van der Waals surface area contributed by atoms with Crippen LogP contribution in [0.4, 0.5) is 5.69 Å². The summed E-state index contributed by atoms with van der Waals surface area (Å²) in [5.41, 5.74) is 2.32. The molecule has 150 valence electrons. The SMILES string of the molecule is CC(=O)c1cc(C#N)ccc1NC(=O)c1cccc(CN2CCS(=O)(=O)CC2)c1. The minimum Gasteiger partial charge on any atom is -0.321 e. The van der Waals surface area contributed by atoms with Gasteiger partial charge in [0, 0.05) is 30.8 Å². The van der Waals surface area contributed by atoms with Crippen LogP contribution in [0.1, 0.15) is 38.8 Å². The fourth-order valence-corrected chi connectivity index (χ4v) is 4.46. The largest absolute Gasteiger partial charge is 0.321 e. The number of nitriles is 1. The summed E-state index contributed by atoms with van der Waals surface area (Å²) in [6.07, 6.45) is 0. The van der Waals surface area contributed by atoms with Crippen molar-refractivity contribution in [2.45, 2.75) is 13.5 Å². The molecule has 2 aromatic carbocycles. The van der Waals surface area contributed by atoms with Crippen molar-refractivity contribution < 1.29 is 18.0 Å². The maximum atomic E-state index is 12.7. The molecule has 8 heteroatoms. The summed E-state index contributed by atoms with van der Waals surface area (Å²) < 4.78 is 23.1. The third-order valence-electron chi connectivity index (χ3n) is 4.81. The van der Waals surface area contributed by atoms with Gasteiger partial charge >= 0.3 is 0 Å². The molecule has 0 spiro atoms. The van der Waals surface area contributed by atoms with Crippen LogP contribution in [0.25, 0.3) is 0 Å². The second-order valence-corrected chi connectivity index (χ2v) is 9.31. The lowest BCUT2D eigenvalue weighted by atomic mass is 10.0. The van der Waals surface area contributed by atoms with E-state index in [9.17, 15) is 18.0 Å². The van der Waals surface area contributed by atoms with E-state index in [4.69, 9.17) is 5.26 Å². The number of carbonyl (C=O) groups is 2. The Hall–Kier alpha value is -3.02. The van der Waals surface area contributed by atoms with E-state index in [0.717, 1.165) is 5.56 Å². The van der Waals surface area contributed by atoms with E-state index < -0.39 is 9.84 Å². The summed E-state index contributed by atoms with van der Waals surface area (Å²) in [5, 5.41) is 11.7. The summed E-state index contributed by atoms with van der Waals surface area (Å²) in [7, 11) is -2.93. The van der Waals surface area contributed by atoms with Crippen molar-refractivity contribution in [2.24, 2.45) is 0 Å². The lowest BCUT2D eigenvalue weighted by molar-refractivity contribution is 0.101. The quantitative estimate of drug-likeness (QED) is 0.756. The first kappa shape index (κ1) is 20.7. The Balaban J connectivity index is 1.73. The van der Waals surface area contributed by atoms with Crippen molar-refractivity contribution in [2.75, 3.05) is 29.9 Å². The zero-order valence-corrected chi connectivity index (χ0v) is 16.8. The summed E-state index contributed by atoms with van der Waals surface area (Å²) in [4.78, 5) is 26.6. The van der Waals surface area contributed by atoms with Gasteiger partial charge in [-0.15, -0.1) is 0 Å². The fraction of sp³-hybridized carbons (Fsp3) is 0.286. The van der Waals surface area contributed by atoms with Gasteiger partial charge in [-0.25, -0.2) is 8.42 Å². The highest BCUT2D eigenvalue weighted by molar-refractivity contribution is 7.91. The molecule has 1 saturated heterocycles. The highest BCUT2D eigenvalue weighted by Gasteiger charge is 2.21. The second kappa shape index (κ2) is 8.55. The van der Waals surface area contributed by atoms with Gasteiger partial charge in [-0.1, -0.05) is 12.1 Å². The molecule has 2 aromatic rings. The summed E-state index contributed by atoms with van der Waals surface area (Å²) in [6.45, 7) is 2.90. The molecule has 1 aliphatic heterocycles. The molecular weight excluding hydrogens is 390 g/mol. The molecule has 1 amide bonds. The standard InChI is InChI=1S/C21H21N3O4S/c1-15(25)19-12-16(13-22)5-6-20(19)23-21(26)18-4-2-3-17(11-18)14-24-7-9-29(27,28)10-8-24/h2-6,11-12H,7-10,14H2,1H3,(H,23,26). The minimum absolute atomic E-state index is 0.152. The van der Waals surface area contributed by atoms with Crippen molar-refractivity contribution in [1.82, 2.24) is 4.90 Å². The Kier molecular flexibility index (Phi) is 6.11. The number of amides is 1. The van der Waals surface area contributed by atoms with Crippen LogP contribution < -0.4 is 5.32 Å². The number of hydrogen-bond donors (Lipinski definition) is 1. The van der Waals surface area contributed by atoms with Gasteiger partial charge in [-0.3, -0.25) is 14.5 Å². The molecular formula is C21H21N3O4S. The van der Waals surface area contributed by atoms with Gasteiger partial charge in [0.05, 0.1) is 28.8 Å². The second-order valence-electron chi connectivity index (χ2n) is 7.01. The summed E-state index contributed by atoms with van der Waals surface area (Å²) in [6, 6.07) is 13.6. The number of nitrogens with one attached hydrogen (secondary N) is 1. The monoisotopic (exact) mass is 411 g/mol. The van der Waals surface area contributed by atoms with Gasteiger partial charge in [0.1, 0.15) is 0 Å². The zero-order valence-electron chi connectivity index (χ0n) is 16.0. The molecule has 0 radical (unpaired) electrons. The van der Waals surface area contributed by atoms with Gasteiger partial charge in [-0.05, 0) is 42.8 Å². The van der Waals surface area contributed by atoms with E-state index in [1.165, 1.54) is 13.0 Å². The molecule has 7 nitrogen and oxygen atoms in total. The molecule has 0 bridgehead atoms. The molecule has 0 unspecified atom stereocenters. The molecule has 3 rings (SSSR count). The number of sulfone groups is 1. The van der Waals surface area contributed by atoms with E-state index in [0.29, 0.717) is 36.4 Å². The molecule has 0 atom stereocenters. The lowest BCUT2D eigenvalue weighted by Gasteiger charge is -2.26. The van der Waals surface area contributed by atoms with Crippen molar-refractivity contribution in [1.29, 1.82) is 5.26 Å². The maximum Gasteiger partial charge on any atom is 0.255 e. The van der Waals surface area contributed by atoms with Crippen LogP contribution >= 0.6 is 0 Å². The van der Waals surface area contributed by atoms with Crippen LogP contribution in [-0.2, 0) is 16.4 Å². The van der Waals surface area contributed by atoms with E-state index in [1.807, 2.05) is 17.0 Å². The molecule has 0 aliphatic carbocycles. The molecule has 1 N–H and O–H groups in total. The first-order valence-corrected chi connectivity index (χ1v) is 11.0. The van der Waals surface area contributed by atoms with Crippen LogP contribution in [0, 0.1) is 11.3 Å². The average Bonchev–Trinajstić information content (AvgIpc) is 2.70. The van der Waals surface area contributed by atoms with Crippen molar-refractivity contribution >= 4 is 27.2 Å². The van der Waals surface area contributed by atoms with Crippen LogP contribution in [0.3, 0.4) is 0 Å². The van der Waals surface area contributed by atoms with E-state index in [-0.39, 0.29) is 28.8 Å². The van der Waals surface area contributed by atoms with Crippen LogP contribution in [0.5, 0.6) is 0 Å². The van der Waals surface area contributed by atoms with E-state index in [2.05, 4.69) is 5.32 Å². The first-order chi connectivity index (χ1) is 13.8. The lowest BCUT2D eigenvalue weighted by Crippen LogP contribution is -2.39. The molecule has 1 aliphatic rings. The van der Waals surface area contributed by atoms with Gasteiger partial charge in [0.15, 0.2) is 15.6 Å². The molecule has 29 heavy (non-hydrogen) atoms. The fourth-order valence-electron chi connectivity index (χ4n) is 3.19. The van der Waals surface area contributed by atoms with Crippen LogP contribution in [-0.4, -0.2) is 49.6 Å². The average molecular weight is 411 g/mol. The predicted molar refractivity (Wildman–Crippen MR) is 109 cm³/mol. The third-order valence-corrected chi connectivity index (χ3v) is 6.42. The number of rotatable bonds is 5. The molecule has 0 aromatic heterocycles. The summed E-state index contributed by atoms with van der Waals surface area (Å²) >= 11 is 0. The predicted octanol–water partition coefficient (Wildman–Crippen LogP) is 2.24. The van der Waals surface area contributed by atoms with Crippen molar-refractivity contribution in [3.8, 4) is 6.07 Å². The van der Waals surface area contributed by atoms with Gasteiger partial charge in [0.25, 0.3) is 5.91 Å². The highest BCUT2D eigenvalue weighted by Crippen LogP contribution is 2.20. The number of carbonyl (C=O) groups excluding carboxylic acids is 2. The number of ketones is 1. The van der Waals surface area contributed by atoms with Gasteiger partial charge in [0.2, 0.25) is 0 Å². The Morgan fingerprint density at radius 3 is 2.52 bits per heavy atom. The van der Waals surface area contributed by atoms with E-state index >= 15 is 0 Å². The smallest absolute Gasteiger partial charge is 0.255 e. The topological polar surface area (TPSA) is 107 Å². The number of anilines is 1. The van der Waals surface area contributed by atoms with E-state index in [1.54, 1.807) is 30.3 Å². The van der Waals surface area contributed by atoms with Gasteiger partial charge < -0.3 is 5.32 Å². The molecule has 1 fully saturated rings. The molecule has 1 heterocycles.